The van der Waals surface area contributed by atoms with Gasteiger partial charge in [-0.3, -0.25) is 4.79 Å². The Bertz CT molecular complexity index is 1160. The molecule has 1 saturated heterocycles. The predicted molar refractivity (Wildman–Crippen MR) is 129 cm³/mol. The van der Waals surface area contributed by atoms with Gasteiger partial charge in [0.2, 0.25) is 17.5 Å². The van der Waals surface area contributed by atoms with Crippen LogP contribution in [-0.2, 0) is 11.3 Å². The van der Waals surface area contributed by atoms with E-state index < -0.39 is 0 Å². The van der Waals surface area contributed by atoms with Crippen LogP contribution < -0.4 is 19.7 Å². The molecule has 0 atom stereocenters. The number of nitrogens with one attached hydrogen (secondary N) is 1. The number of amides is 1. The SMILES string of the molecule is CCCCOc1ccc(CNC(=O)C2CCN(c3oc(-c4ccco4)nc3C#N)CC2)cc1OC. The molecule has 1 amide bonds. The molecular formula is C26H30N4O5. The third-order valence-corrected chi connectivity index (χ3v) is 6.05. The van der Waals surface area contributed by atoms with Gasteiger partial charge < -0.3 is 28.5 Å². The summed E-state index contributed by atoms with van der Waals surface area (Å²) < 4.78 is 22.4. The minimum absolute atomic E-state index is 0.0150. The maximum absolute atomic E-state index is 12.8. The molecule has 0 saturated carbocycles. The molecule has 2 aromatic heterocycles. The van der Waals surface area contributed by atoms with Crippen molar-refractivity contribution in [3.8, 4) is 29.2 Å². The summed E-state index contributed by atoms with van der Waals surface area (Å²) in [5.74, 6) is 2.45. The van der Waals surface area contributed by atoms with Crippen LogP contribution in [-0.4, -0.2) is 37.7 Å². The number of rotatable bonds is 10. The Hall–Kier alpha value is -3.93. The van der Waals surface area contributed by atoms with Crippen molar-refractivity contribution in [2.75, 3.05) is 31.7 Å². The van der Waals surface area contributed by atoms with Gasteiger partial charge in [-0.05, 0) is 49.1 Å². The number of anilines is 1. The highest BCUT2D eigenvalue weighted by molar-refractivity contribution is 5.79. The Labute approximate surface area is 204 Å². The van der Waals surface area contributed by atoms with E-state index in [4.69, 9.17) is 18.3 Å². The van der Waals surface area contributed by atoms with E-state index in [0.717, 1.165) is 18.4 Å². The number of ether oxygens (including phenoxy) is 2. The summed E-state index contributed by atoms with van der Waals surface area (Å²) in [6.07, 6.45) is 4.89. The Kier molecular flexibility index (Phi) is 7.93. The molecule has 35 heavy (non-hydrogen) atoms. The van der Waals surface area contributed by atoms with E-state index in [-0.39, 0.29) is 23.4 Å². The van der Waals surface area contributed by atoms with Crippen LogP contribution in [0.3, 0.4) is 0 Å². The highest BCUT2D eigenvalue weighted by Gasteiger charge is 2.29. The zero-order valence-corrected chi connectivity index (χ0v) is 20.1. The van der Waals surface area contributed by atoms with Gasteiger partial charge in [0.05, 0.1) is 20.0 Å². The number of piperidine rings is 1. The van der Waals surface area contributed by atoms with Gasteiger partial charge >= 0.3 is 0 Å². The average Bonchev–Trinajstić information content (AvgIpc) is 3.58. The molecule has 0 spiro atoms. The van der Waals surface area contributed by atoms with Crippen molar-refractivity contribution < 1.29 is 23.1 Å². The number of benzene rings is 1. The third-order valence-electron chi connectivity index (χ3n) is 6.05. The zero-order chi connectivity index (χ0) is 24.6. The number of methoxy groups -OCH3 is 1. The number of hydrogen-bond donors (Lipinski definition) is 1. The van der Waals surface area contributed by atoms with E-state index in [1.807, 2.05) is 23.1 Å². The van der Waals surface area contributed by atoms with Crippen molar-refractivity contribution in [2.45, 2.75) is 39.2 Å². The summed E-state index contributed by atoms with van der Waals surface area (Å²) in [5.41, 5.74) is 1.16. The lowest BCUT2D eigenvalue weighted by atomic mass is 9.96. The monoisotopic (exact) mass is 478 g/mol. The maximum atomic E-state index is 12.8. The van der Waals surface area contributed by atoms with Gasteiger partial charge in [-0.15, -0.1) is 0 Å². The molecule has 4 rings (SSSR count). The van der Waals surface area contributed by atoms with Crippen molar-refractivity contribution in [3.05, 3.63) is 47.9 Å². The van der Waals surface area contributed by atoms with Crippen molar-refractivity contribution in [1.82, 2.24) is 10.3 Å². The van der Waals surface area contributed by atoms with E-state index in [1.54, 1.807) is 19.2 Å². The van der Waals surface area contributed by atoms with Crippen LogP contribution in [0.5, 0.6) is 11.5 Å². The Morgan fingerprint density at radius 3 is 2.80 bits per heavy atom. The topological polar surface area (TPSA) is 114 Å². The van der Waals surface area contributed by atoms with Crippen molar-refractivity contribution in [3.63, 3.8) is 0 Å². The summed E-state index contributed by atoms with van der Waals surface area (Å²) in [6, 6.07) is 11.3. The van der Waals surface area contributed by atoms with Crippen LogP contribution in [0.2, 0.25) is 0 Å². The molecule has 1 aliphatic rings. The van der Waals surface area contributed by atoms with E-state index in [1.165, 1.54) is 6.26 Å². The maximum Gasteiger partial charge on any atom is 0.266 e. The smallest absolute Gasteiger partial charge is 0.266 e. The van der Waals surface area contributed by atoms with Gasteiger partial charge in [0.25, 0.3) is 5.89 Å². The first-order valence-corrected chi connectivity index (χ1v) is 11.9. The van der Waals surface area contributed by atoms with Crippen LogP contribution >= 0.6 is 0 Å². The summed E-state index contributed by atoms with van der Waals surface area (Å²) in [7, 11) is 1.61. The number of hydrogen-bond acceptors (Lipinski definition) is 8. The second kappa shape index (κ2) is 11.5. The molecule has 9 nitrogen and oxygen atoms in total. The number of furan rings is 1. The molecule has 1 aliphatic heterocycles. The molecule has 1 N–H and O–H groups in total. The van der Waals surface area contributed by atoms with Crippen molar-refractivity contribution in [2.24, 2.45) is 5.92 Å². The highest BCUT2D eigenvalue weighted by atomic mass is 16.5. The molecule has 9 heteroatoms. The van der Waals surface area contributed by atoms with E-state index >= 15 is 0 Å². The lowest BCUT2D eigenvalue weighted by Gasteiger charge is -2.31. The standard InChI is InChI=1S/C26H30N4O5/c1-3-4-13-33-21-8-7-18(15-23(21)32-2)17-28-24(31)19-9-11-30(12-10-19)26-20(16-27)29-25(35-26)22-6-5-14-34-22/h5-8,14-15,19H,3-4,9-13,17H2,1-2H3,(H,28,31). The second-order valence-corrected chi connectivity index (χ2v) is 8.43. The van der Waals surface area contributed by atoms with E-state index in [2.05, 4.69) is 23.3 Å². The van der Waals surface area contributed by atoms with Crippen LogP contribution in [0.25, 0.3) is 11.7 Å². The lowest BCUT2D eigenvalue weighted by Crippen LogP contribution is -2.40. The lowest BCUT2D eigenvalue weighted by molar-refractivity contribution is -0.125. The number of nitriles is 1. The quantitative estimate of drug-likeness (QED) is 0.423. The molecule has 0 aliphatic carbocycles. The van der Waals surface area contributed by atoms with Crippen LogP contribution in [0.4, 0.5) is 5.88 Å². The van der Waals surface area contributed by atoms with E-state index in [0.29, 0.717) is 62.2 Å². The number of aromatic nitrogens is 1. The molecule has 0 radical (unpaired) electrons. The zero-order valence-electron chi connectivity index (χ0n) is 20.1. The normalized spacial score (nSPS) is 13.9. The molecule has 3 heterocycles. The average molecular weight is 479 g/mol. The summed E-state index contributed by atoms with van der Waals surface area (Å²) in [5, 5.41) is 12.5. The first-order valence-electron chi connectivity index (χ1n) is 11.9. The fourth-order valence-corrected chi connectivity index (χ4v) is 4.05. The first-order chi connectivity index (χ1) is 17.1. The van der Waals surface area contributed by atoms with Gasteiger partial charge in [0, 0.05) is 25.6 Å². The largest absolute Gasteiger partial charge is 0.493 e. The van der Waals surface area contributed by atoms with Gasteiger partial charge in [0.15, 0.2) is 17.3 Å². The number of oxazole rings is 1. The molecular weight excluding hydrogens is 448 g/mol. The second-order valence-electron chi connectivity index (χ2n) is 8.43. The molecule has 3 aromatic rings. The molecule has 0 unspecified atom stereocenters. The Morgan fingerprint density at radius 2 is 2.11 bits per heavy atom. The van der Waals surface area contributed by atoms with Crippen LogP contribution in [0.15, 0.2) is 45.4 Å². The highest BCUT2D eigenvalue weighted by Crippen LogP contribution is 2.32. The number of unbranched alkanes of at least 4 members (excludes halogenated alkanes) is 1. The van der Waals surface area contributed by atoms with Gasteiger partial charge in [0.1, 0.15) is 6.07 Å². The Balaban J connectivity index is 1.30. The van der Waals surface area contributed by atoms with Crippen molar-refractivity contribution >= 4 is 11.8 Å². The number of nitrogens with zero attached hydrogens (tertiary/aromatic N) is 3. The van der Waals surface area contributed by atoms with Crippen molar-refractivity contribution in [1.29, 1.82) is 5.26 Å². The molecule has 1 fully saturated rings. The predicted octanol–water partition coefficient (Wildman–Crippen LogP) is 4.53. The minimum Gasteiger partial charge on any atom is -0.493 e. The number of carbonyl (C=O) groups is 1. The van der Waals surface area contributed by atoms with Gasteiger partial charge in [-0.2, -0.15) is 10.2 Å². The van der Waals surface area contributed by atoms with Gasteiger partial charge in [-0.1, -0.05) is 19.4 Å². The molecule has 184 valence electrons. The Morgan fingerprint density at radius 1 is 1.29 bits per heavy atom. The number of carbonyl (C=O) groups excluding carboxylic acids is 1. The summed E-state index contributed by atoms with van der Waals surface area (Å²) in [4.78, 5) is 19.0. The van der Waals surface area contributed by atoms with E-state index in [9.17, 15) is 10.1 Å². The summed E-state index contributed by atoms with van der Waals surface area (Å²) >= 11 is 0. The first kappa shape index (κ1) is 24.2. The fourth-order valence-electron chi connectivity index (χ4n) is 4.05. The van der Waals surface area contributed by atoms with Gasteiger partial charge in [-0.25, -0.2) is 0 Å². The molecule has 0 bridgehead atoms. The minimum atomic E-state index is -0.109. The summed E-state index contributed by atoms with van der Waals surface area (Å²) in [6.45, 7) is 4.37. The van der Waals surface area contributed by atoms with Crippen LogP contribution in [0.1, 0.15) is 43.9 Å². The third kappa shape index (κ3) is 5.77. The fraction of sp³-hybridized carbons (Fsp3) is 0.423. The van der Waals surface area contributed by atoms with Crippen LogP contribution in [0, 0.1) is 17.2 Å². The molecule has 1 aromatic carbocycles.